The van der Waals surface area contributed by atoms with Crippen molar-refractivity contribution >= 4 is 0 Å². The van der Waals surface area contributed by atoms with E-state index in [1.165, 1.54) is 12.3 Å². The molecule has 1 aromatic heterocycles. The Morgan fingerprint density at radius 1 is 1.47 bits per heavy atom. The van der Waals surface area contributed by atoms with Crippen molar-refractivity contribution in [3.8, 4) is 0 Å². The number of pyridine rings is 1. The molecule has 0 aromatic carbocycles. The molecule has 3 nitrogen and oxygen atoms in total. The normalized spacial score (nSPS) is 11.7. The van der Waals surface area contributed by atoms with Crippen LogP contribution in [0.15, 0.2) is 23.1 Å². The number of aryl methyl sites for hydroxylation is 1. The molecule has 0 saturated carbocycles. The quantitative estimate of drug-likeness (QED) is 0.777. The predicted molar refractivity (Wildman–Crippen MR) is 47.4 cm³/mol. The van der Waals surface area contributed by atoms with Crippen molar-refractivity contribution in [1.82, 2.24) is 4.57 Å². The molecule has 0 spiro atoms. The summed E-state index contributed by atoms with van der Waals surface area (Å²) in [5.74, 6) is 0. The Balaban J connectivity index is 2.55. The number of alkyl halides is 3. The lowest BCUT2D eigenvalue weighted by Crippen LogP contribution is -2.24. The maximum Gasteiger partial charge on any atom is 0.411 e. The third-order valence-electron chi connectivity index (χ3n) is 1.65. The van der Waals surface area contributed by atoms with Gasteiger partial charge in [0.15, 0.2) is 0 Å². The first-order chi connectivity index (χ1) is 6.88. The molecule has 1 aromatic rings. The van der Waals surface area contributed by atoms with Crippen LogP contribution < -0.4 is 5.56 Å². The molecule has 1 rings (SSSR count). The summed E-state index contributed by atoms with van der Waals surface area (Å²) in [5, 5.41) is 0. The Morgan fingerprint density at radius 3 is 2.67 bits per heavy atom. The Bertz CT molecular complexity index is 384. The zero-order chi connectivity index (χ0) is 11.5. The van der Waals surface area contributed by atoms with Crippen LogP contribution >= 0.6 is 0 Å². The first kappa shape index (κ1) is 11.8. The van der Waals surface area contributed by atoms with Crippen LogP contribution in [0, 0.1) is 6.92 Å². The summed E-state index contributed by atoms with van der Waals surface area (Å²) in [6.45, 7) is -0.0196. The van der Waals surface area contributed by atoms with Gasteiger partial charge in [-0.15, -0.1) is 0 Å². The van der Waals surface area contributed by atoms with Gasteiger partial charge in [-0.05, 0) is 18.6 Å². The van der Waals surface area contributed by atoms with Crippen LogP contribution in [0.4, 0.5) is 13.2 Å². The minimum atomic E-state index is -4.37. The molecule has 0 aliphatic carbocycles. The van der Waals surface area contributed by atoms with Crippen LogP contribution in [0.1, 0.15) is 5.56 Å². The van der Waals surface area contributed by atoms with Gasteiger partial charge in [0.1, 0.15) is 13.3 Å². The van der Waals surface area contributed by atoms with Gasteiger partial charge in [0.05, 0.1) is 0 Å². The fourth-order valence-corrected chi connectivity index (χ4v) is 0.973. The van der Waals surface area contributed by atoms with Crippen molar-refractivity contribution in [1.29, 1.82) is 0 Å². The van der Waals surface area contributed by atoms with Crippen molar-refractivity contribution in [3.05, 3.63) is 34.2 Å². The van der Waals surface area contributed by atoms with Gasteiger partial charge in [-0.25, -0.2) is 0 Å². The molecule has 0 saturated heterocycles. The van der Waals surface area contributed by atoms with E-state index in [1.54, 1.807) is 13.0 Å². The fourth-order valence-electron chi connectivity index (χ4n) is 0.973. The van der Waals surface area contributed by atoms with E-state index in [0.29, 0.717) is 0 Å². The molecule has 0 atom stereocenters. The molecule has 0 unspecified atom stereocenters. The average molecular weight is 221 g/mol. The smallest absolute Gasteiger partial charge is 0.351 e. The summed E-state index contributed by atoms with van der Waals surface area (Å²) in [7, 11) is 0. The molecule has 0 radical (unpaired) electrons. The monoisotopic (exact) mass is 221 g/mol. The topological polar surface area (TPSA) is 31.2 Å². The van der Waals surface area contributed by atoms with Crippen molar-refractivity contribution in [2.24, 2.45) is 0 Å². The van der Waals surface area contributed by atoms with Crippen LogP contribution in [0.5, 0.6) is 0 Å². The number of hydrogen-bond acceptors (Lipinski definition) is 2. The van der Waals surface area contributed by atoms with Gasteiger partial charge >= 0.3 is 6.18 Å². The summed E-state index contributed by atoms with van der Waals surface area (Å²) in [6, 6.07) is 2.95. The van der Waals surface area contributed by atoms with Crippen LogP contribution in [0.3, 0.4) is 0 Å². The molecule has 0 N–H and O–H groups in total. The zero-order valence-corrected chi connectivity index (χ0v) is 8.04. The van der Waals surface area contributed by atoms with Gasteiger partial charge in [-0.3, -0.25) is 9.36 Å². The molecule has 0 fully saturated rings. The average Bonchev–Trinajstić information content (AvgIpc) is 2.07. The molecule has 0 aliphatic heterocycles. The van der Waals surface area contributed by atoms with E-state index in [1.807, 2.05) is 0 Å². The van der Waals surface area contributed by atoms with E-state index in [2.05, 4.69) is 4.74 Å². The van der Waals surface area contributed by atoms with Crippen molar-refractivity contribution in [2.45, 2.75) is 19.8 Å². The van der Waals surface area contributed by atoms with E-state index in [4.69, 9.17) is 0 Å². The van der Waals surface area contributed by atoms with E-state index >= 15 is 0 Å². The highest BCUT2D eigenvalue weighted by Crippen LogP contribution is 2.14. The number of rotatable bonds is 3. The van der Waals surface area contributed by atoms with Crippen molar-refractivity contribution in [2.75, 3.05) is 6.61 Å². The van der Waals surface area contributed by atoms with Gasteiger partial charge in [-0.2, -0.15) is 13.2 Å². The van der Waals surface area contributed by atoms with Gasteiger partial charge < -0.3 is 4.74 Å². The van der Waals surface area contributed by atoms with Gasteiger partial charge in [0.2, 0.25) is 0 Å². The fraction of sp³-hybridized carbons (Fsp3) is 0.444. The Labute approximate surface area is 84.1 Å². The summed E-state index contributed by atoms with van der Waals surface area (Å²) >= 11 is 0. The molecular formula is C9H10F3NO2. The maximum absolute atomic E-state index is 11.7. The van der Waals surface area contributed by atoms with Crippen LogP contribution in [0.2, 0.25) is 0 Å². The first-order valence-electron chi connectivity index (χ1n) is 4.20. The second-order valence-electron chi connectivity index (χ2n) is 3.10. The minimum Gasteiger partial charge on any atom is -0.351 e. The molecule has 6 heteroatoms. The highest BCUT2D eigenvalue weighted by molar-refractivity contribution is 5.07. The molecular weight excluding hydrogens is 211 g/mol. The number of ether oxygens (including phenoxy) is 1. The minimum absolute atomic E-state index is 0.378. The van der Waals surface area contributed by atoms with E-state index < -0.39 is 19.5 Å². The van der Waals surface area contributed by atoms with Gasteiger partial charge in [0.25, 0.3) is 5.56 Å². The molecule has 84 valence electrons. The molecule has 0 aliphatic rings. The Morgan fingerprint density at radius 2 is 2.13 bits per heavy atom. The number of aromatic nitrogens is 1. The number of nitrogens with zero attached hydrogens (tertiary/aromatic N) is 1. The van der Waals surface area contributed by atoms with Gasteiger partial charge in [-0.1, -0.05) is 0 Å². The Kier molecular flexibility index (Phi) is 3.52. The molecule has 1 heterocycles. The van der Waals surface area contributed by atoms with Gasteiger partial charge in [0, 0.05) is 12.3 Å². The summed E-state index contributed by atoms with van der Waals surface area (Å²) in [5.41, 5.74) is 0.379. The molecule has 15 heavy (non-hydrogen) atoms. The van der Waals surface area contributed by atoms with E-state index in [0.717, 1.165) is 10.1 Å². The number of hydrogen-bond donors (Lipinski definition) is 0. The first-order valence-corrected chi connectivity index (χ1v) is 4.20. The summed E-state index contributed by atoms with van der Waals surface area (Å²) in [4.78, 5) is 11.2. The molecule has 0 bridgehead atoms. The van der Waals surface area contributed by atoms with Crippen LogP contribution in [-0.2, 0) is 11.5 Å². The third-order valence-corrected chi connectivity index (χ3v) is 1.65. The highest BCUT2D eigenvalue weighted by Gasteiger charge is 2.27. The SMILES string of the molecule is Cc1ccn(COCC(F)(F)F)c(=O)c1. The van der Waals surface area contributed by atoms with E-state index in [9.17, 15) is 18.0 Å². The lowest BCUT2D eigenvalue weighted by Gasteiger charge is -2.09. The van der Waals surface area contributed by atoms with Crippen molar-refractivity contribution in [3.63, 3.8) is 0 Å². The van der Waals surface area contributed by atoms with Crippen LogP contribution in [-0.4, -0.2) is 17.4 Å². The lowest BCUT2D eigenvalue weighted by molar-refractivity contribution is -0.182. The number of halogens is 3. The summed E-state index contributed by atoms with van der Waals surface area (Å²) in [6.07, 6.45) is -2.97. The standard InChI is InChI=1S/C9H10F3NO2/c1-7-2-3-13(8(14)4-7)6-15-5-9(10,11)12/h2-4H,5-6H2,1H3. The van der Waals surface area contributed by atoms with Crippen molar-refractivity contribution < 1.29 is 17.9 Å². The second kappa shape index (κ2) is 4.48. The molecule has 0 amide bonds. The highest BCUT2D eigenvalue weighted by atomic mass is 19.4. The Hall–Kier alpha value is -1.30. The maximum atomic E-state index is 11.7. The predicted octanol–water partition coefficient (Wildman–Crippen LogP) is 1.69. The van der Waals surface area contributed by atoms with E-state index in [-0.39, 0.29) is 5.56 Å². The lowest BCUT2D eigenvalue weighted by atomic mass is 10.3. The summed E-state index contributed by atoms with van der Waals surface area (Å²) < 4.78 is 40.5. The largest absolute Gasteiger partial charge is 0.411 e. The zero-order valence-electron chi connectivity index (χ0n) is 8.04. The van der Waals surface area contributed by atoms with Crippen LogP contribution in [0.25, 0.3) is 0 Å². The second-order valence-corrected chi connectivity index (χ2v) is 3.10. The third kappa shape index (κ3) is 4.16.